The van der Waals surface area contributed by atoms with Crippen molar-refractivity contribution in [2.24, 2.45) is 0 Å². The average molecular weight is 323 g/mol. The summed E-state index contributed by atoms with van der Waals surface area (Å²) in [5, 5.41) is 2.94. The number of fused-ring (bicyclic) bond motifs is 1. The SMILES string of the molecule is CCOc1ccc(NC(=O)c2c(CC)nc3c(C)cccn23)cc1. The maximum Gasteiger partial charge on any atom is 0.274 e. The van der Waals surface area contributed by atoms with E-state index in [-0.39, 0.29) is 5.91 Å². The largest absolute Gasteiger partial charge is 0.494 e. The number of aromatic nitrogens is 2. The molecule has 2 heterocycles. The Kier molecular flexibility index (Phi) is 4.51. The number of imidazole rings is 1. The number of nitrogens with zero attached hydrogens (tertiary/aromatic N) is 2. The van der Waals surface area contributed by atoms with Crippen LogP contribution in [0.4, 0.5) is 5.69 Å². The van der Waals surface area contributed by atoms with Crippen molar-refractivity contribution in [2.75, 3.05) is 11.9 Å². The molecule has 0 saturated heterocycles. The summed E-state index contributed by atoms with van der Waals surface area (Å²) in [5.41, 5.74) is 3.99. The van der Waals surface area contributed by atoms with Crippen molar-refractivity contribution in [2.45, 2.75) is 27.2 Å². The van der Waals surface area contributed by atoms with Crippen LogP contribution in [0.2, 0.25) is 0 Å². The van der Waals surface area contributed by atoms with Crippen LogP contribution in [-0.2, 0) is 6.42 Å². The molecule has 0 bridgehead atoms. The van der Waals surface area contributed by atoms with Crippen molar-refractivity contribution in [3.8, 4) is 5.75 Å². The van der Waals surface area contributed by atoms with Crippen molar-refractivity contribution >= 4 is 17.2 Å². The average Bonchev–Trinajstić information content (AvgIpc) is 2.97. The molecule has 1 amide bonds. The number of aryl methyl sites for hydroxylation is 2. The Morgan fingerprint density at radius 3 is 2.62 bits per heavy atom. The Hall–Kier alpha value is -2.82. The summed E-state index contributed by atoms with van der Waals surface area (Å²) in [6.45, 7) is 6.56. The van der Waals surface area contributed by atoms with Crippen molar-refractivity contribution in [1.82, 2.24) is 9.38 Å². The predicted octanol–water partition coefficient (Wildman–Crippen LogP) is 3.86. The molecular weight excluding hydrogens is 302 g/mol. The third-order valence-corrected chi connectivity index (χ3v) is 3.89. The lowest BCUT2D eigenvalue weighted by molar-refractivity contribution is 0.102. The van der Waals surface area contributed by atoms with Gasteiger partial charge in [0.15, 0.2) is 0 Å². The topological polar surface area (TPSA) is 55.6 Å². The number of hydrogen-bond donors (Lipinski definition) is 1. The highest BCUT2D eigenvalue weighted by Gasteiger charge is 2.19. The van der Waals surface area contributed by atoms with E-state index in [1.54, 1.807) is 0 Å². The Bertz CT molecular complexity index is 866. The van der Waals surface area contributed by atoms with E-state index in [0.29, 0.717) is 18.7 Å². The van der Waals surface area contributed by atoms with Crippen molar-refractivity contribution < 1.29 is 9.53 Å². The second kappa shape index (κ2) is 6.74. The molecule has 0 atom stereocenters. The summed E-state index contributed by atoms with van der Waals surface area (Å²) in [7, 11) is 0. The van der Waals surface area contributed by atoms with Crippen LogP contribution in [0.15, 0.2) is 42.6 Å². The molecule has 0 saturated carbocycles. The number of hydrogen-bond acceptors (Lipinski definition) is 3. The fourth-order valence-corrected chi connectivity index (χ4v) is 2.73. The molecule has 0 fully saturated rings. The Morgan fingerprint density at radius 1 is 1.21 bits per heavy atom. The molecule has 3 rings (SSSR count). The lowest BCUT2D eigenvalue weighted by atomic mass is 10.2. The van der Waals surface area contributed by atoms with E-state index in [1.165, 1.54) is 0 Å². The summed E-state index contributed by atoms with van der Waals surface area (Å²) in [6, 6.07) is 11.3. The van der Waals surface area contributed by atoms with Crippen LogP contribution in [-0.4, -0.2) is 21.9 Å². The van der Waals surface area contributed by atoms with Gasteiger partial charge in [0.05, 0.1) is 12.3 Å². The van der Waals surface area contributed by atoms with Crippen LogP contribution in [0.25, 0.3) is 5.65 Å². The van der Waals surface area contributed by atoms with E-state index in [4.69, 9.17) is 4.74 Å². The quantitative estimate of drug-likeness (QED) is 0.776. The first-order valence-electron chi connectivity index (χ1n) is 8.14. The number of carbonyl (C=O) groups excluding carboxylic acids is 1. The maximum absolute atomic E-state index is 12.8. The molecule has 1 aromatic carbocycles. The summed E-state index contributed by atoms with van der Waals surface area (Å²) in [4.78, 5) is 17.4. The van der Waals surface area contributed by atoms with Gasteiger partial charge in [-0.15, -0.1) is 0 Å². The first-order chi connectivity index (χ1) is 11.6. The van der Waals surface area contributed by atoms with Crippen molar-refractivity contribution in [3.05, 3.63) is 59.5 Å². The first-order valence-corrected chi connectivity index (χ1v) is 8.14. The summed E-state index contributed by atoms with van der Waals surface area (Å²) in [5.74, 6) is 0.629. The smallest absolute Gasteiger partial charge is 0.274 e. The second-order valence-electron chi connectivity index (χ2n) is 5.56. The number of anilines is 1. The molecule has 5 nitrogen and oxygen atoms in total. The van der Waals surface area contributed by atoms with Gasteiger partial charge in [-0.25, -0.2) is 4.98 Å². The highest BCUT2D eigenvalue weighted by atomic mass is 16.5. The zero-order chi connectivity index (χ0) is 17.1. The predicted molar refractivity (Wildman–Crippen MR) is 94.9 cm³/mol. The van der Waals surface area contributed by atoms with Gasteiger partial charge in [0.1, 0.15) is 17.1 Å². The standard InChI is InChI=1S/C19H21N3O2/c1-4-16-17(22-12-6-7-13(3)18(22)21-16)19(23)20-14-8-10-15(11-9-14)24-5-2/h6-12H,4-5H2,1-3H3,(H,20,23). The molecule has 124 valence electrons. The lowest BCUT2D eigenvalue weighted by Crippen LogP contribution is -2.16. The van der Waals surface area contributed by atoms with E-state index in [2.05, 4.69) is 10.3 Å². The third kappa shape index (κ3) is 2.97. The van der Waals surface area contributed by atoms with Crippen LogP contribution < -0.4 is 10.1 Å². The van der Waals surface area contributed by atoms with Gasteiger partial charge in [0.25, 0.3) is 5.91 Å². The van der Waals surface area contributed by atoms with Crippen LogP contribution in [0.5, 0.6) is 5.75 Å². The third-order valence-electron chi connectivity index (χ3n) is 3.89. The molecule has 2 aromatic heterocycles. The van der Waals surface area contributed by atoms with E-state index in [9.17, 15) is 4.79 Å². The minimum absolute atomic E-state index is 0.158. The zero-order valence-electron chi connectivity index (χ0n) is 14.2. The fraction of sp³-hybridized carbons (Fsp3) is 0.263. The van der Waals surface area contributed by atoms with E-state index >= 15 is 0 Å². The van der Waals surface area contributed by atoms with E-state index < -0.39 is 0 Å². The van der Waals surface area contributed by atoms with Crippen LogP contribution in [0.3, 0.4) is 0 Å². The van der Waals surface area contributed by atoms with Crippen molar-refractivity contribution in [3.63, 3.8) is 0 Å². The van der Waals surface area contributed by atoms with Crippen LogP contribution in [0.1, 0.15) is 35.6 Å². The van der Waals surface area contributed by atoms with Gasteiger partial charge in [0, 0.05) is 11.9 Å². The first kappa shape index (κ1) is 16.1. The number of rotatable bonds is 5. The molecule has 5 heteroatoms. The Morgan fingerprint density at radius 2 is 1.96 bits per heavy atom. The highest BCUT2D eigenvalue weighted by molar-refractivity contribution is 6.04. The van der Waals surface area contributed by atoms with Crippen LogP contribution in [0, 0.1) is 6.92 Å². The molecule has 1 N–H and O–H groups in total. The summed E-state index contributed by atoms with van der Waals surface area (Å²) < 4.78 is 7.28. The number of ether oxygens (including phenoxy) is 1. The zero-order valence-corrected chi connectivity index (χ0v) is 14.2. The maximum atomic E-state index is 12.8. The van der Waals surface area contributed by atoms with Gasteiger partial charge in [-0.05, 0) is 56.2 Å². The molecule has 0 aliphatic heterocycles. The van der Waals surface area contributed by atoms with Gasteiger partial charge in [0.2, 0.25) is 0 Å². The molecule has 0 aliphatic carbocycles. The van der Waals surface area contributed by atoms with E-state index in [0.717, 1.165) is 28.3 Å². The number of amides is 1. The normalized spacial score (nSPS) is 10.8. The van der Waals surface area contributed by atoms with Gasteiger partial charge in [-0.3, -0.25) is 9.20 Å². The molecule has 24 heavy (non-hydrogen) atoms. The summed E-state index contributed by atoms with van der Waals surface area (Å²) in [6.07, 6.45) is 2.58. The molecule has 0 unspecified atom stereocenters. The minimum atomic E-state index is -0.158. The molecule has 3 aromatic rings. The molecule has 0 radical (unpaired) electrons. The van der Waals surface area contributed by atoms with E-state index in [1.807, 2.05) is 67.8 Å². The number of carbonyl (C=O) groups is 1. The van der Waals surface area contributed by atoms with Gasteiger partial charge in [-0.1, -0.05) is 13.0 Å². The lowest BCUT2D eigenvalue weighted by Gasteiger charge is -2.08. The number of nitrogens with one attached hydrogen (secondary N) is 1. The highest BCUT2D eigenvalue weighted by Crippen LogP contribution is 2.20. The Balaban J connectivity index is 1.92. The number of benzene rings is 1. The van der Waals surface area contributed by atoms with Gasteiger partial charge >= 0.3 is 0 Å². The molecule has 0 aliphatic rings. The Labute approximate surface area is 141 Å². The van der Waals surface area contributed by atoms with Crippen molar-refractivity contribution in [1.29, 1.82) is 0 Å². The second-order valence-corrected chi connectivity index (χ2v) is 5.56. The monoisotopic (exact) mass is 323 g/mol. The molecule has 0 spiro atoms. The minimum Gasteiger partial charge on any atom is -0.494 e. The van der Waals surface area contributed by atoms with Gasteiger partial charge in [-0.2, -0.15) is 0 Å². The van der Waals surface area contributed by atoms with Crippen LogP contribution >= 0.6 is 0 Å². The van der Waals surface area contributed by atoms with Gasteiger partial charge < -0.3 is 10.1 Å². The fourth-order valence-electron chi connectivity index (χ4n) is 2.73. The number of pyridine rings is 1. The summed E-state index contributed by atoms with van der Waals surface area (Å²) >= 11 is 0. The molecular formula is C19H21N3O2.